The second-order valence-corrected chi connectivity index (χ2v) is 8.89. The van der Waals surface area contributed by atoms with Crippen LogP contribution < -0.4 is 16.0 Å². The molecular weight excluding hydrogens is 428 g/mol. The van der Waals surface area contributed by atoms with E-state index in [9.17, 15) is 9.59 Å². The van der Waals surface area contributed by atoms with E-state index in [0.717, 1.165) is 36.3 Å². The zero-order valence-corrected chi connectivity index (χ0v) is 19.2. The molecule has 3 N–H and O–H groups in total. The molecule has 0 bridgehead atoms. The summed E-state index contributed by atoms with van der Waals surface area (Å²) in [4.78, 5) is 27.9. The van der Waals surface area contributed by atoms with Gasteiger partial charge in [-0.1, -0.05) is 6.42 Å². The summed E-state index contributed by atoms with van der Waals surface area (Å²) in [5.74, 6) is 0.261. The van der Waals surface area contributed by atoms with Gasteiger partial charge in [-0.2, -0.15) is 0 Å². The Morgan fingerprint density at radius 2 is 1.85 bits per heavy atom. The highest BCUT2D eigenvalue weighted by Crippen LogP contribution is 2.34. The van der Waals surface area contributed by atoms with Crippen LogP contribution in [-0.2, 0) is 6.54 Å². The van der Waals surface area contributed by atoms with Crippen molar-refractivity contribution in [1.82, 2.24) is 10.2 Å². The molecule has 3 aromatic rings. The van der Waals surface area contributed by atoms with Crippen LogP contribution in [0.3, 0.4) is 0 Å². The number of fused-ring (bicyclic) bond motifs is 1. The summed E-state index contributed by atoms with van der Waals surface area (Å²) in [6.07, 6.45) is 6.70. The Labute approximate surface area is 199 Å². The van der Waals surface area contributed by atoms with E-state index in [1.807, 2.05) is 30.3 Å². The maximum absolute atomic E-state index is 12.9. The average Bonchev–Trinajstić information content (AvgIpc) is 3.54. The van der Waals surface area contributed by atoms with Crippen molar-refractivity contribution in [3.63, 3.8) is 0 Å². The fraction of sp³-hybridized carbons (Fsp3) is 0.333. The minimum absolute atomic E-state index is 0.192. The summed E-state index contributed by atoms with van der Waals surface area (Å²) in [5.41, 5.74) is 4.23. The SMILES string of the molecule is O=C(Nc1ccc(-c2ccco2)c2c1C(=O)NC2)c1ccc(NCCCN2CCCCC2)cc1. The summed E-state index contributed by atoms with van der Waals surface area (Å²) < 4.78 is 5.51. The van der Waals surface area contributed by atoms with E-state index in [4.69, 9.17) is 4.42 Å². The number of carbonyl (C=O) groups is 2. The van der Waals surface area contributed by atoms with Crippen molar-refractivity contribution < 1.29 is 14.0 Å². The monoisotopic (exact) mass is 458 g/mol. The van der Waals surface area contributed by atoms with Crippen molar-refractivity contribution in [3.8, 4) is 11.3 Å². The van der Waals surface area contributed by atoms with Gasteiger partial charge in [0, 0.05) is 29.9 Å². The van der Waals surface area contributed by atoms with E-state index in [1.165, 1.54) is 32.4 Å². The number of nitrogens with one attached hydrogen (secondary N) is 3. The number of hydrogen-bond acceptors (Lipinski definition) is 5. The lowest BCUT2D eigenvalue weighted by Crippen LogP contribution is -2.31. The number of nitrogens with zero attached hydrogens (tertiary/aromatic N) is 1. The lowest BCUT2D eigenvalue weighted by atomic mass is 9.99. The first kappa shape index (κ1) is 22.2. The van der Waals surface area contributed by atoms with Crippen LogP contribution in [0.1, 0.15) is 52.0 Å². The molecule has 0 aliphatic carbocycles. The number of benzene rings is 2. The zero-order valence-electron chi connectivity index (χ0n) is 19.2. The standard InChI is InChI=1S/C27H30N4O3/c32-26(19-7-9-20(10-8-19)28-13-5-16-31-14-2-1-3-15-31)30-23-12-11-21(24-6-4-17-34-24)22-18-29-27(33)25(22)23/h4,6-12,17,28H,1-3,5,13-16,18H2,(H,29,33)(H,30,32). The van der Waals surface area contributed by atoms with Crippen LogP contribution in [0.25, 0.3) is 11.3 Å². The molecule has 7 heteroatoms. The lowest BCUT2D eigenvalue weighted by Gasteiger charge is -2.26. The molecule has 1 fully saturated rings. The highest BCUT2D eigenvalue weighted by Gasteiger charge is 2.27. The fourth-order valence-electron chi connectivity index (χ4n) is 4.77. The third-order valence-electron chi connectivity index (χ3n) is 6.58. The minimum atomic E-state index is -0.246. The second kappa shape index (κ2) is 10.1. The van der Waals surface area contributed by atoms with Crippen molar-refractivity contribution >= 4 is 23.2 Å². The Balaban J connectivity index is 1.20. The zero-order chi connectivity index (χ0) is 23.3. The Kier molecular flexibility index (Phi) is 6.62. The van der Waals surface area contributed by atoms with Crippen LogP contribution in [0.15, 0.2) is 59.2 Å². The Morgan fingerprint density at radius 1 is 1.03 bits per heavy atom. The fourth-order valence-corrected chi connectivity index (χ4v) is 4.77. The van der Waals surface area contributed by atoms with Crippen LogP contribution >= 0.6 is 0 Å². The normalized spacial score (nSPS) is 15.6. The Bertz CT molecular complexity index is 1150. The van der Waals surface area contributed by atoms with Crippen molar-refractivity contribution in [1.29, 1.82) is 0 Å². The minimum Gasteiger partial charge on any atom is -0.464 e. The van der Waals surface area contributed by atoms with E-state index in [1.54, 1.807) is 24.5 Å². The lowest BCUT2D eigenvalue weighted by molar-refractivity contribution is 0.0966. The maximum Gasteiger partial charge on any atom is 0.255 e. The van der Waals surface area contributed by atoms with Gasteiger partial charge in [-0.05, 0) is 93.0 Å². The summed E-state index contributed by atoms with van der Waals surface area (Å²) in [5, 5.41) is 9.20. The molecule has 176 valence electrons. The first-order chi connectivity index (χ1) is 16.7. The summed E-state index contributed by atoms with van der Waals surface area (Å²) in [7, 11) is 0. The molecule has 1 aromatic heterocycles. The van der Waals surface area contributed by atoms with Gasteiger partial charge in [-0.25, -0.2) is 0 Å². The number of anilines is 2. The van der Waals surface area contributed by atoms with Crippen molar-refractivity contribution in [3.05, 3.63) is 71.5 Å². The topological polar surface area (TPSA) is 86.6 Å². The van der Waals surface area contributed by atoms with Crippen molar-refractivity contribution in [2.75, 3.05) is 36.8 Å². The molecule has 0 atom stereocenters. The molecule has 0 saturated carbocycles. The van der Waals surface area contributed by atoms with Gasteiger partial charge < -0.3 is 25.3 Å². The van der Waals surface area contributed by atoms with Crippen LogP contribution in [-0.4, -0.2) is 42.9 Å². The molecule has 0 unspecified atom stereocenters. The van der Waals surface area contributed by atoms with E-state index in [2.05, 4.69) is 20.9 Å². The molecule has 5 rings (SSSR count). The van der Waals surface area contributed by atoms with Gasteiger partial charge in [0.15, 0.2) is 0 Å². The summed E-state index contributed by atoms with van der Waals surface area (Å²) in [6, 6.07) is 14.8. The molecule has 3 heterocycles. The van der Waals surface area contributed by atoms with Crippen LogP contribution in [0.4, 0.5) is 11.4 Å². The Morgan fingerprint density at radius 3 is 2.62 bits per heavy atom. The van der Waals surface area contributed by atoms with Crippen molar-refractivity contribution in [2.24, 2.45) is 0 Å². The average molecular weight is 459 g/mol. The van der Waals surface area contributed by atoms with Gasteiger partial charge in [0.2, 0.25) is 0 Å². The Hall–Kier alpha value is -3.58. The first-order valence-electron chi connectivity index (χ1n) is 12.0. The van der Waals surface area contributed by atoms with E-state index >= 15 is 0 Å². The molecule has 0 spiro atoms. The molecule has 2 aromatic carbocycles. The summed E-state index contributed by atoms with van der Waals surface area (Å²) >= 11 is 0. The molecule has 2 aliphatic heterocycles. The largest absolute Gasteiger partial charge is 0.464 e. The van der Waals surface area contributed by atoms with E-state index in [0.29, 0.717) is 29.1 Å². The van der Waals surface area contributed by atoms with Gasteiger partial charge in [-0.15, -0.1) is 0 Å². The third kappa shape index (κ3) is 4.84. The molecular formula is C27H30N4O3. The van der Waals surface area contributed by atoms with Gasteiger partial charge in [0.1, 0.15) is 5.76 Å². The highest BCUT2D eigenvalue weighted by atomic mass is 16.3. The number of rotatable bonds is 8. The highest BCUT2D eigenvalue weighted by molar-refractivity contribution is 6.11. The quantitative estimate of drug-likeness (QED) is 0.425. The number of likely N-dealkylation sites (tertiary alicyclic amines) is 1. The first-order valence-corrected chi connectivity index (χ1v) is 12.0. The van der Waals surface area contributed by atoms with Gasteiger partial charge in [-0.3, -0.25) is 9.59 Å². The second-order valence-electron chi connectivity index (χ2n) is 8.89. The van der Waals surface area contributed by atoms with Crippen LogP contribution in [0.5, 0.6) is 0 Å². The molecule has 7 nitrogen and oxygen atoms in total. The molecule has 2 aliphatic rings. The maximum atomic E-state index is 12.9. The van der Waals surface area contributed by atoms with Gasteiger partial charge in [0.05, 0.1) is 17.5 Å². The molecule has 2 amide bonds. The van der Waals surface area contributed by atoms with Crippen LogP contribution in [0, 0.1) is 0 Å². The smallest absolute Gasteiger partial charge is 0.255 e. The van der Waals surface area contributed by atoms with Crippen LogP contribution in [0.2, 0.25) is 0 Å². The predicted octanol–water partition coefficient (Wildman–Crippen LogP) is 4.73. The van der Waals surface area contributed by atoms with Gasteiger partial charge in [0.25, 0.3) is 11.8 Å². The van der Waals surface area contributed by atoms with E-state index in [-0.39, 0.29) is 11.8 Å². The number of piperidine rings is 1. The predicted molar refractivity (Wildman–Crippen MR) is 133 cm³/mol. The number of hydrogen-bond donors (Lipinski definition) is 3. The number of furan rings is 1. The van der Waals surface area contributed by atoms with E-state index < -0.39 is 0 Å². The molecule has 34 heavy (non-hydrogen) atoms. The molecule has 1 saturated heterocycles. The van der Waals surface area contributed by atoms with Crippen molar-refractivity contribution in [2.45, 2.75) is 32.2 Å². The molecule has 0 radical (unpaired) electrons. The summed E-state index contributed by atoms with van der Waals surface area (Å²) in [6.45, 7) is 4.89. The third-order valence-corrected chi connectivity index (χ3v) is 6.58. The van der Waals surface area contributed by atoms with Gasteiger partial charge >= 0.3 is 0 Å². The number of carbonyl (C=O) groups excluding carboxylic acids is 2. The number of amides is 2.